The Bertz CT molecular complexity index is 591. The Morgan fingerprint density at radius 2 is 2.19 bits per heavy atom. The van der Waals surface area contributed by atoms with Gasteiger partial charge in [0.15, 0.2) is 0 Å². The Balaban J connectivity index is 1.82. The van der Waals surface area contributed by atoms with Crippen LogP contribution < -0.4 is 10.6 Å². The predicted molar refractivity (Wildman–Crippen MR) is 95.0 cm³/mol. The van der Waals surface area contributed by atoms with Crippen LogP contribution in [0, 0.1) is 0 Å². The molecule has 2 aromatic rings. The minimum Gasteiger partial charge on any atom is -0.362 e. The lowest BCUT2D eigenvalue weighted by Crippen LogP contribution is -2.25. The van der Waals surface area contributed by atoms with Gasteiger partial charge in [0.2, 0.25) is 0 Å². The summed E-state index contributed by atoms with van der Waals surface area (Å²) in [7, 11) is 0. The second-order valence-electron chi connectivity index (χ2n) is 5.91. The van der Waals surface area contributed by atoms with Crippen molar-refractivity contribution >= 4 is 33.0 Å². The zero-order chi connectivity index (χ0) is 14.8. The van der Waals surface area contributed by atoms with Gasteiger partial charge in [0, 0.05) is 21.4 Å². The quantitative estimate of drug-likeness (QED) is 0.813. The zero-order valence-corrected chi connectivity index (χ0v) is 14.7. The summed E-state index contributed by atoms with van der Waals surface area (Å²) in [5.41, 5.74) is 8.50. The summed E-state index contributed by atoms with van der Waals surface area (Å²) in [4.78, 5) is 3.96. The van der Waals surface area contributed by atoms with Crippen LogP contribution in [0.3, 0.4) is 0 Å². The van der Waals surface area contributed by atoms with E-state index in [0.29, 0.717) is 6.04 Å². The van der Waals surface area contributed by atoms with Crippen LogP contribution in [0.1, 0.15) is 30.2 Å². The Hall–Kier alpha value is -0.840. The lowest BCUT2D eigenvalue weighted by molar-refractivity contribution is 0.737. The smallest absolute Gasteiger partial charge is 0.0526 e. The maximum absolute atomic E-state index is 5.90. The van der Waals surface area contributed by atoms with Gasteiger partial charge in [0.25, 0.3) is 0 Å². The van der Waals surface area contributed by atoms with E-state index in [-0.39, 0.29) is 6.04 Å². The van der Waals surface area contributed by atoms with Crippen LogP contribution in [0.4, 0.5) is 5.69 Å². The number of nitrogens with zero attached hydrogens (tertiary/aromatic N) is 1. The van der Waals surface area contributed by atoms with E-state index in [0.717, 1.165) is 13.0 Å². The Labute approximate surface area is 139 Å². The molecule has 0 aliphatic heterocycles. The molecule has 4 heteroatoms. The topological polar surface area (TPSA) is 29.3 Å². The maximum Gasteiger partial charge on any atom is 0.0526 e. The van der Waals surface area contributed by atoms with Gasteiger partial charge in [-0.15, -0.1) is 11.3 Å². The number of anilines is 1. The predicted octanol–water partition coefficient (Wildman–Crippen LogP) is 4.57. The molecule has 3 rings (SSSR count). The highest BCUT2D eigenvalue weighted by atomic mass is 79.9. The molecule has 1 saturated carbocycles. The molecular formula is C17H21BrN2S. The lowest BCUT2D eigenvalue weighted by Gasteiger charge is -2.26. The Kier molecular flexibility index (Phi) is 4.67. The van der Waals surface area contributed by atoms with E-state index in [1.807, 2.05) is 11.3 Å². The third-order valence-electron chi connectivity index (χ3n) is 3.77. The van der Waals surface area contributed by atoms with Crippen LogP contribution in [0.25, 0.3) is 0 Å². The van der Waals surface area contributed by atoms with Crippen LogP contribution >= 0.6 is 27.3 Å². The van der Waals surface area contributed by atoms with Crippen molar-refractivity contribution in [2.45, 2.75) is 44.8 Å². The Morgan fingerprint density at radius 1 is 1.38 bits per heavy atom. The van der Waals surface area contributed by atoms with Crippen molar-refractivity contribution in [3.05, 3.63) is 50.6 Å². The first-order valence-electron chi connectivity index (χ1n) is 7.46. The van der Waals surface area contributed by atoms with Crippen molar-refractivity contribution in [1.82, 2.24) is 0 Å². The highest BCUT2D eigenvalue weighted by Crippen LogP contribution is 2.38. The summed E-state index contributed by atoms with van der Waals surface area (Å²) in [5.74, 6) is 0. The lowest BCUT2D eigenvalue weighted by atomic mass is 10.1. The van der Waals surface area contributed by atoms with Crippen molar-refractivity contribution < 1.29 is 0 Å². The van der Waals surface area contributed by atoms with Gasteiger partial charge in [0.05, 0.1) is 12.2 Å². The maximum atomic E-state index is 5.90. The van der Waals surface area contributed by atoms with E-state index in [1.54, 1.807) is 0 Å². The summed E-state index contributed by atoms with van der Waals surface area (Å²) < 4.78 is 1.18. The number of hydrogen-bond donors (Lipinski definition) is 1. The fourth-order valence-corrected chi connectivity index (χ4v) is 4.01. The molecule has 21 heavy (non-hydrogen) atoms. The van der Waals surface area contributed by atoms with E-state index in [2.05, 4.69) is 63.5 Å². The summed E-state index contributed by atoms with van der Waals surface area (Å²) in [6.45, 7) is 3.06. The molecule has 0 spiro atoms. The normalized spacial score (nSPS) is 16.0. The molecule has 1 fully saturated rings. The monoisotopic (exact) mass is 364 g/mol. The minimum atomic E-state index is 0.202. The molecule has 1 aromatic carbocycles. The number of halogens is 1. The van der Waals surface area contributed by atoms with Gasteiger partial charge in [-0.05, 0) is 71.3 Å². The van der Waals surface area contributed by atoms with E-state index >= 15 is 0 Å². The molecule has 2 N–H and O–H groups in total. The van der Waals surface area contributed by atoms with E-state index < -0.39 is 0 Å². The molecule has 0 saturated heterocycles. The third-order valence-corrected chi connectivity index (χ3v) is 5.27. The number of thiophene rings is 1. The molecule has 1 aliphatic rings. The summed E-state index contributed by atoms with van der Waals surface area (Å²) in [5, 5.41) is 2.15. The number of benzene rings is 1. The highest BCUT2D eigenvalue weighted by Gasteiger charge is 2.30. The van der Waals surface area contributed by atoms with E-state index in [1.165, 1.54) is 33.4 Å². The molecule has 112 valence electrons. The van der Waals surface area contributed by atoms with Gasteiger partial charge in [-0.3, -0.25) is 0 Å². The van der Waals surface area contributed by atoms with Gasteiger partial charge >= 0.3 is 0 Å². The molecule has 1 aliphatic carbocycles. The number of hydrogen-bond acceptors (Lipinski definition) is 3. The van der Waals surface area contributed by atoms with Crippen LogP contribution in [0.5, 0.6) is 0 Å². The molecule has 1 atom stereocenters. The molecule has 1 unspecified atom stereocenters. The second-order valence-corrected chi connectivity index (χ2v) is 7.79. The summed E-state index contributed by atoms with van der Waals surface area (Å²) >= 11 is 5.59. The van der Waals surface area contributed by atoms with Crippen LogP contribution in [0.15, 0.2) is 40.2 Å². The molecule has 0 radical (unpaired) electrons. The van der Waals surface area contributed by atoms with Gasteiger partial charge in [-0.1, -0.05) is 12.1 Å². The standard InChI is InChI=1S/C17H21BrN2S/c1-12(19)9-13-4-7-17(16(18)10-13)20(14-5-6-14)11-15-3-2-8-21-15/h2-4,7-8,10,12,14H,5-6,9,11,19H2,1H3. The number of nitrogens with two attached hydrogens (primary N) is 1. The molecule has 2 nitrogen and oxygen atoms in total. The SMILES string of the molecule is CC(N)Cc1ccc(N(Cc2cccs2)C2CC2)c(Br)c1. The van der Waals surface area contributed by atoms with Crippen molar-refractivity contribution in [1.29, 1.82) is 0 Å². The minimum absolute atomic E-state index is 0.202. The van der Waals surface area contributed by atoms with Gasteiger partial charge < -0.3 is 10.6 Å². The summed E-state index contributed by atoms with van der Waals surface area (Å²) in [6.07, 6.45) is 3.53. The largest absolute Gasteiger partial charge is 0.362 e. The molecular weight excluding hydrogens is 344 g/mol. The molecule has 0 bridgehead atoms. The van der Waals surface area contributed by atoms with Crippen molar-refractivity contribution in [2.75, 3.05) is 4.90 Å². The average Bonchev–Trinajstić information content (AvgIpc) is 3.14. The third kappa shape index (κ3) is 3.87. The first-order chi connectivity index (χ1) is 10.1. The van der Waals surface area contributed by atoms with Crippen LogP contribution in [0.2, 0.25) is 0 Å². The van der Waals surface area contributed by atoms with Crippen molar-refractivity contribution in [2.24, 2.45) is 5.73 Å². The molecule has 1 aromatic heterocycles. The first kappa shape index (κ1) is 15.1. The van der Waals surface area contributed by atoms with Gasteiger partial charge in [0.1, 0.15) is 0 Å². The summed E-state index contributed by atoms with van der Waals surface area (Å²) in [6, 6.07) is 11.9. The van der Waals surface area contributed by atoms with Gasteiger partial charge in [-0.2, -0.15) is 0 Å². The van der Waals surface area contributed by atoms with E-state index in [4.69, 9.17) is 5.73 Å². The average molecular weight is 365 g/mol. The van der Waals surface area contributed by atoms with Crippen LogP contribution in [-0.2, 0) is 13.0 Å². The van der Waals surface area contributed by atoms with Gasteiger partial charge in [-0.25, -0.2) is 0 Å². The molecule has 1 heterocycles. The van der Waals surface area contributed by atoms with E-state index in [9.17, 15) is 0 Å². The number of rotatable bonds is 6. The molecule has 0 amide bonds. The van der Waals surface area contributed by atoms with Crippen molar-refractivity contribution in [3.63, 3.8) is 0 Å². The fourth-order valence-electron chi connectivity index (χ4n) is 2.65. The Morgan fingerprint density at radius 3 is 2.76 bits per heavy atom. The van der Waals surface area contributed by atoms with Crippen molar-refractivity contribution in [3.8, 4) is 0 Å². The first-order valence-corrected chi connectivity index (χ1v) is 9.14. The highest BCUT2D eigenvalue weighted by molar-refractivity contribution is 9.10. The fraction of sp³-hybridized carbons (Fsp3) is 0.412. The second kappa shape index (κ2) is 6.51. The van der Waals surface area contributed by atoms with Crippen LogP contribution in [-0.4, -0.2) is 12.1 Å². The zero-order valence-electron chi connectivity index (χ0n) is 12.3.